The van der Waals surface area contributed by atoms with E-state index in [2.05, 4.69) is 39.9 Å². The third kappa shape index (κ3) is 2.40. The molecule has 0 fully saturated rings. The van der Waals surface area contributed by atoms with E-state index >= 15 is 0 Å². The average molecular weight is 295 g/mol. The minimum Gasteiger partial charge on any atom is -0.324 e. The van der Waals surface area contributed by atoms with Crippen molar-refractivity contribution < 1.29 is 0 Å². The summed E-state index contributed by atoms with van der Waals surface area (Å²) in [6, 6.07) is 7.90. The van der Waals surface area contributed by atoms with E-state index in [1.54, 1.807) is 4.68 Å². The molecular weight excluding hydrogens is 280 g/mol. The van der Waals surface area contributed by atoms with Gasteiger partial charge in [-0.2, -0.15) is 5.10 Å². The van der Waals surface area contributed by atoms with Gasteiger partial charge in [-0.1, -0.05) is 26.0 Å². The fraction of sp³-hybridized carbons (Fsp3) is 0.333. The highest BCUT2D eigenvalue weighted by Crippen LogP contribution is 2.22. The van der Waals surface area contributed by atoms with Crippen LogP contribution in [-0.2, 0) is 6.54 Å². The molecule has 0 saturated heterocycles. The second-order valence-electron chi connectivity index (χ2n) is 4.11. The first-order valence-corrected chi connectivity index (χ1v) is 6.33. The Morgan fingerprint density at radius 2 is 2.06 bits per heavy atom. The van der Waals surface area contributed by atoms with Gasteiger partial charge in [0, 0.05) is 10.4 Å². The molecule has 1 heterocycles. The summed E-state index contributed by atoms with van der Waals surface area (Å²) in [5.41, 5.74) is 6.68. The monoisotopic (exact) mass is 294 g/mol. The first-order valence-electron chi connectivity index (χ1n) is 5.54. The Hall–Kier alpha value is -1.20. The zero-order valence-electron chi connectivity index (χ0n) is 9.89. The van der Waals surface area contributed by atoms with Crippen molar-refractivity contribution in [1.29, 1.82) is 0 Å². The number of rotatable bonds is 3. The smallest absolute Gasteiger partial charge is 0.153 e. The highest BCUT2D eigenvalue weighted by atomic mass is 79.9. The third-order valence-corrected chi connectivity index (χ3v) is 3.14. The molecular formula is C12H15BrN4. The lowest BCUT2D eigenvalue weighted by Gasteiger charge is -2.06. The molecule has 17 heavy (non-hydrogen) atoms. The highest BCUT2D eigenvalue weighted by Gasteiger charge is 2.14. The lowest BCUT2D eigenvalue weighted by atomic mass is 10.2. The summed E-state index contributed by atoms with van der Waals surface area (Å²) < 4.78 is 2.79. The molecule has 0 radical (unpaired) electrons. The fourth-order valence-electron chi connectivity index (χ4n) is 1.56. The summed E-state index contributed by atoms with van der Waals surface area (Å²) in [7, 11) is 0. The van der Waals surface area contributed by atoms with Crippen LogP contribution in [0, 0.1) is 0 Å². The van der Waals surface area contributed by atoms with E-state index in [9.17, 15) is 0 Å². The van der Waals surface area contributed by atoms with Crippen molar-refractivity contribution in [3.63, 3.8) is 0 Å². The van der Waals surface area contributed by atoms with Crippen LogP contribution >= 0.6 is 15.9 Å². The molecule has 0 aliphatic carbocycles. The van der Waals surface area contributed by atoms with Gasteiger partial charge in [0.1, 0.15) is 5.82 Å². The van der Waals surface area contributed by atoms with Gasteiger partial charge in [0.05, 0.1) is 12.2 Å². The molecule has 90 valence electrons. The minimum atomic E-state index is 0.295. The predicted octanol–water partition coefficient (Wildman–Crippen LogP) is 2.61. The Balaban J connectivity index is 2.55. The molecule has 2 N–H and O–H groups in total. The van der Waals surface area contributed by atoms with Gasteiger partial charge in [0.25, 0.3) is 0 Å². The van der Waals surface area contributed by atoms with Crippen LogP contribution in [0.25, 0.3) is 5.69 Å². The van der Waals surface area contributed by atoms with Crippen molar-refractivity contribution in [1.82, 2.24) is 14.8 Å². The van der Waals surface area contributed by atoms with Crippen LogP contribution < -0.4 is 5.73 Å². The number of benzene rings is 1. The van der Waals surface area contributed by atoms with E-state index in [1.165, 1.54) is 0 Å². The summed E-state index contributed by atoms with van der Waals surface area (Å²) in [6.45, 7) is 4.51. The van der Waals surface area contributed by atoms with E-state index in [1.807, 2.05) is 24.3 Å². The molecule has 2 rings (SSSR count). The van der Waals surface area contributed by atoms with Gasteiger partial charge >= 0.3 is 0 Å². The number of aromatic nitrogens is 3. The normalized spacial score (nSPS) is 11.1. The largest absolute Gasteiger partial charge is 0.324 e. The molecule has 0 saturated carbocycles. The Bertz CT molecular complexity index is 519. The zero-order chi connectivity index (χ0) is 12.4. The predicted molar refractivity (Wildman–Crippen MR) is 71.0 cm³/mol. The Kier molecular flexibility index (Phi) is 3.59. The number of nitrogens with two attached hydrogens (primary N) is 1. The molecule has 4 nitrogen and oxygen atoms in total. The summed E-state index contributed by atoms with van der Waals surface area (Å²) in [6.07, 6.45) is 0. The SMILES string of the molecule is CC(C)c1nc(CN)n(-c2ccccc2Br)n1. The maximum absolute atomic E-state index is 5.71. The van der Waals surface area contributed by atoms with Crippen LogP contribution in [-0.4, -0.2) is 14.8 Å². The van der Waals surface area contributed by atoms with Crippen molar-refractivity contribution in [2.24, 2.45) is 5.73 Å². The highest BCUT2D eigenvalue weighted by molar-refractivity contribution is 9.10. The van der Waals surface area contributed by atoms with Crippen molar-refractivity contribution in [2.75, 3.05) is 0 Å². The van der Waals surface area contributed by atoms with Gasteiger partial charge in [0.2, 0.25) is 0 Å². The lowest BCUT2D eigenvalue weighted by molar-refractivity contribution is 0.744. The quantitative estimate of drug-likeness (QED) is 0.947. The van der Waals surface area contributed by atoms with E-state index in [4.69, 9.17) is 5.73 Å². The Morgan fingerprint density at radius 1 is 1.35 bits per heavy atom. The molecule has 0 spiro atoms. The van der Waals surface area contributed by atoms with Gasteiger partial charge < -0.3 is 5.73 Å². The molecule has 1 aromatic carbocycles. The summed E-state index contributed by atoms with van der Waals surface area (Å²) in [5, 5.41) is 4.51. The number of halogens is 1. The van der Waals surface area contributed by atoms with Crippen LogP contribution in [0.1, 0.15) is 31.4 Å². The fourth-order valence-corrected chi connectivity index (χ4v) is 2.01. The van der Waals surface area contributed by atoms with Gasteiger partial charge in [-0.3, -0.25) is 0 Å². The van der Waals surface area contributed by atoms with Crippen molar-refractivity contribution in [3.8, 4) is 5.69 Å². The van der Waals surface area contributed by atoms with E-state index in [-0.39, 0.29) is 0 Å². The zero-order valence-corrected chi connectivity index (χ0v) is 11.5. The molecule has 0 atom stereocenters. The van der Waals surface area contributed by atoms with Crippen LogP contribution in [0.3, 0.4) is 0 Å². The first kappa shape index (κ1) is 12.3. The van der Waals surface area contributed by atoms with Gasteiger partial charge in [-0.05, 0) is 28.1 Å². The van der Waals surface area contributed by atoms with E-state index in [0.29, 0.717) is 12.5 Å². The summed E-state index contributed by atoms with van der Waals surface area (Å²) in [5.74, 6) is 1.89. The van der Waals surface area contributed by atoms with E-state index in [0.717, 1.165) is 21.8 Å². The third-order valence-electron chi connectivity index (χ3n) is 2.47. The average Bonchev–Trinajstić information content (AvgIpc) is 2.73. The second-order valence-corrected chi connectivity index (χ2v) is 4.96. The van der Waals surface area contributed by atoms with Crippen molar-refractivity contribution >= 4 is 15.9 Å². The molecule has 2 aromatic rings. The molecule has 5 heteroatoms. The van der Waals surface area contributed by atoms with Crippen molar-refractivity contribution in [2.45, 2.75) is 26.3 Å². The van der Waals surface area contributed by atoms with Gasteiger partial charge in [-0.15, -0.1) is 0 Å². The molecule has 0 aliphatic rings. The number of hydrogen-bond acceptors (Lipinski definition) is 3. The summed E-state index contributed by atoms with van der Waals surface area (Å²) in [4.78, 5) is 4.45. The molecule has 0 bridgehead atoms. The van der Waals surface area contributed by atoms with Crippen LogP contribution in [0.15, 0.2) is 28.7 Å². The molecule has 0 unspecified atom stereocenters. The van der Waals surface area contributed by atoms with Crippen molar-refractivity contribution in [3.05, 3.63) is 40.4 Å². The first-order chi connectivity index (χ1) is 8.13. The minimum absolute atomic E-state index is 0.295. The molecule has 0 amide bonds. The number of para-hydroxylation sites is 1. The Morgan fingerprint density at radius 3 is 2.65 bits per heavy atom. The Labute approximate surface area is 109 Å². The molecule has 0 aliphatic heterocycles. The van der Waals surface area contributed by atoms with Crippen LogP contribution in [0.2, 0.25) is 0 Å². The van der Waals surface area contributed by atoms with Gasteiger partial charge in [-0.25, -0.2) is 9.67 Å². The standard InChI is InChI=1S/C12H15BrN4/c1-8(2)12-15-11(7-14)17(16-12)10-6-4-3-5-9(10)13/h3-6,8H,7,14H2,1-2H3. The molecule has 1 aromatic heterocycles. The summed E-state index contributed by atoms with van der Waals surface area (Å²) >= 11 is 3.51. The van der Waals surface area contributed by atoms with E-state index < -0.39 is 0 Å². The van der Waals surface area contributed by atoms with Gasteiger partial charge in [0.15, 0.2) is 5.82 Å². The lowest BCUT2D eigenvalue weighted by Crippen LogP contribution is -2.08. The maximum atomic E-state index is 5.71. The number of nitrogens with zero attached hydrogens (tertiary/aromatic N) is 3. The van der Waals surface area contributed by atoms with Crippen LogP contribution in [0.4, 0.5) is 0 Å². The van der Waals surface area contributed by atoms with Crippen LogP contribution in [0.5, 0.6) is 0 Å². The number of hydrogen-bond donors (Lipinski definition) is 1. The topological polar surface area (TPSA) is 56.7 Å². The second kappa shape index (κ2) is 4.98. The maximum Gasteiger partial charge on any atom is 0.153 e.